The van der Waals surface area contributed by atoms with Gasteiger partial charge in [0.05, 0.1) is 6.10 Å². The van der Waals surface area contributed by atoms with Crippen molar-refractivity contribution in [1.29, 1.82) is 0 Å². The Labute approximate surface area is 146 Å². The molecule has 24 heavy (non-hydrogen) atoms. The molecule has 0 aliphatic carbocycles. The van der Waals surface area contributed by atoms with Crippen LogP contribution in [0.1, 0.15) is 51.5 Å². The Morgan fingerprint density at radius 3 is 2.58 bits per heavy atom. The zero-order valence-corrected chi connectivity index (χ0v) is 15.1. The number of nitrogens with zero attached hydrogens (tertiary/aromatic N) is 1. The highest BCUT2D eigenvalue weighted by Crippen LogP contribution is 2.24. The van der Waals surface area contributed by atoms with Gasteiger partial charge in [-0.15, -0.1) is 0 Å². The number of carbonyl (C=O) groups is 1. The summed E-state index contributed by atoms with van der Waals surface area (Å²) in [5.41, 5.74) is 6.98. The van der Waals surface area contributed by atoms with E-state index < -0.39 is 0 Å². The number of rotatable bonds is 9. The van der Waals surface area contributed by atoms with Gasteiger partial charge >= 0.3 is 0 Å². The maximum absolute atomic E-state index is 13.1. The van der Waals surface area contributed by atoms with Gasteiger partial charge in [-0.3, -0.25) is 4.79 Å². The fraction of sp³-hybridized carbons (Fsp3) is 0.650. The van der Waals surface area contributed by atoms with Crippen molar-refractivity contribution in [3.05, 3.63) is 35.9 Å². The van der Waals surface area contributed by atoms with Gasteiger partial charge in [0.2, 0.25) is 0 Å². The molecule has 1 aromatic rings. The lowest BCUT2D eigenvalue weighted by atomic mass is 9.99. The monoisotopic (exact) mass is 332 g/mol. The quantitative estimate of drug-likeness (QED) is 0.756. The Kier molecular flexibility index (Phi) is 7.73. The topological polar surface area (TPSA) is 55.6 Å². The summed E-state index contributed by atoms with van der Waals surface area (Å²) in [6.45, 7) is 5.61. The van der Waals surface area contributed by atoms with Crippen molar-refractivity contribution in [2.45, 2.75) is 70.6 Å². The van der Waals surface area contributed by atoms with Crippen LogP contribution in [0.2, 0.25) is 0 Å². The van der Waals surface area contributed by atoms with Gasteiger partial charge in [-0.2, -0.15) is 0 Å². The highest BCUT2D eigenvalue weighted by Gasteiger charge is 2.35. The van der Waals surface area contributed by atoms with Gasteiger partial charge in [0.1, 0.15) is 6.10 Å². The minimum Gasteiger partial charge on any atom is -0.364 e. The molecule has 0 saturated carbocycles. The van der Waals surface area contributed by atoms with E-state index in [1.165, 1.54) is 5.56 Å². The van der Waals surface area contributed by atoms with Gasteiger partial charge in [-0.05, 0) is 37.7 Å². The summed E-state index contributed by atoms with van der Waals surface area (Å²) in [6.07, 6.45) is 5.40. The van der Waals surface area contributed by atoms with Crippen LogP contribution in [0.25, 0.3) is 0 Å². The molecule has 3 atom stereocenters. The molecule has 134 valence electrons. The van der Waals surface area contributed by atoms with Crippen molar-refractivity contribution in [1.82, 2.24) is 4.90 Å². The largest absolute Gasteiger partial charge is 0.364 e. The molecule has 0 bridgehead atoms. The lowest BCUT2D eigenvalue weighted by Crippen LogP contribution is -2.47. The molecule has 1 fully saturated rings. The van der Waals surface area contributed by atoms with E-state index in [4.69, 9.17) is 10.5 Å². The molecule has 0 spiro atoms. The highest BCUT2D eigenvalue weighted by molar-refractivity contribution is 5.81. The molecule has 0 aromatic heterocycles. The Hall–Kier alpha value is -1.39. The summed E-state index contributed by atoms with van der Waals surface area (Å²) >= 11 is 0. The Morgan fingerprint density at radius 1 is 1.25 bits per heavy atom. The van der Waals surface area contributed by atoms with Crippen LogP contribution in [0, 0.1) is 0 Å². The molecule has 0 radical (unpaired) electrons. The van der Waals surface area contributed by atoms with Gasteiger partial charge < -0.3 is 15.4 Å². The zero-order chi connectivity index (χ0) is 17.4. The lowest BCUT2D eigenvalue weighted by molar-refractivity contribution is -0.145. The molecule has 1 aliphatic heterocycles. The predicted molar refractivity (Wildman–Crippen MR) is 97.8 cm³/mol. The van der Waals surface area contributed by atoms with Crippen LogP contribution < -0.4 is 5.73 Å². The van der Waals surface area contributed by atoms with Crippen molar-refractivity contribution in [2.75, 3.05) is 13.1 Å². The summed E-state index contributed by atoms with van der Waals surface area (Å²) in [6, 6.07) is 10.7. The van der Waals surface area contributed by atoms with Crippen molar-refractivity contribution >= 4 is 5.91 Å². The first-order valence-electron chi connectivity index (χ1n) is 9.39. The van der Waals surface area contributed by atoms with Crippen molar-refractivity contribution < 1.29 is 9.53 Å². The number of hydrogen-bond acceptors (Lipinski definition) is 3. The van der Waals surface area contributed by atoms with Crippen molar-refractivity contribution in [3.8, 4) is 0 Å². The smallest absolute Gasteiger partial charge is 0.251 e. The first-order chi connectivity index (χ1) is 11.7. The van der Waals surface area contributed by atoms with E-state index in [-0.39, 0.29) is 24.2 Å². The van der Waals surface area contributed by atoms with Crippen molar-refractivity contribution in [2.24, 2.45) is 5.73 Å². The number of hydrogen-bond donors (Lipinski definition) is 1. The molecule has 1 heterocycles. The molecule has 4 heteroatoms. The van der Waals surface area contributed by atoms with E-state index in [0.29, 0.717) is 6.54 Å². The number of carbonyl (C=O) groups excluding carboxylic acids is 1. The first kappa shape index (κ1) is 18.9. The number of ether oxygens (including phenoxy) is 1. The maximum Gasteiger partial charge on any atom is 0.251 e. The molecular weight excluding hydrogens is 300 g/mol. The van der Waals surface area contributed by atoms with Crippen LogP contribution in [0.3, 0.4) is 0 Å². The van der Waals surface area contributed by atoms with Crippen LogP contribution in [-0.4, -0.2) is 42.1 Å². The molecule has 4 nitrogen and oxygen atoms in total. The molecular formula is C20H32N2O2. The number of amides is 1. The van der Waals surface area contributed by atoms with Gasteiger partial charge in [-0.1, -0.05) is 50.6 Å². The standard InChI is InChI=1S/C20H32N2O2/c1-3-8-17(14-16-9-6-5-7-10-16)22(13-4-2)20(23)19-12-11-18(15-21)24-19/h5-7,9-10,17-19H,3-4,8,11-15,21H2,1-2H3/t17?,18-,19+/m1/s1. The zero-order valence-electron chi connectivity index (χ0n) is 15.1. The molecule has 2 rings (SSSR count). The number of nitrogens with two attached hydrogens (primary N) is 1. The van der Waals surface area contributed by atoms with Crippen molar-refractivity contribution in [3.63, 3.8) is 0 Å². The summed E-state index contributed by atoms with van der Waals surface area (Å²) in [5, 5.41) is 0. The summed E-state index contributed by atoms with van der Waals surface area (Å²) in [7, 11) is 0. The van der Waals surface area contributed by atoms with E-state index in [2.05, 4.69) is 43.0 Å². The third kappa shape index (κ3) is 5.05. The van der Waals surface area contributed by atoms with Crippen LogP contribution in [0.15, 0.2) is 30.3 Å². The molecule has 1 amide bonds. The Balaban J connectivity index is 2.10. The normalized spacial score (nSPS) is 21.6. The van der Waals surface area contributed by atoms with E-state index >= 15 is 0 Å². The van der Waals surface area contributed by atoms with Gasteiger partial charge in [0.25, 0.3) is 5.91 Å². The third-order valence-corrected chi connectivity index (χ3v) is 4.77. The average Bonchev–Trinajstić information content (AvgIpc) is 3.09. The second kappa shape index (κ2) is 9.80. The maximum atomic E-state index is 13.1. The van der Waals surface area contributed by atoms with Gasteiger partial charge in [-0.25, -0.2) is 0 Å². The second-order valence-corrected chi connectivity index (χ2v) is 6.72. The van der Waals surface area contributed by atoms with Crippen LogP contribution in [-0.2, 0) is 16.0 Å². The third-order valence-electron chi connectivity index (χ3n) is 4.77. The molecule has 1 aromatic carbocycles. The van der Waals surface area contributed by atoms with E-state index in [9.17, 15) is 4.79 Å². The van der Waals surface area contributed by atoms with Crippen LogP contribution in [0.5, 0.6) is 0 Å². The van der Waals surface area contributed by atoms with E-state index in [1.807, 2.05) is 6.07 Å². The van der Waals surface area contributed by atoms with Gasteiger partial charge in [0, 0.05) is 19.1 Å². The van der Waals surface area contributed by atoms with Gasteiger partial charge in [0.15, 0.2) is 0 Å². The predicted octanol–water partition coefficient (Wildman–Crippen LogP) is 3.14. The minimum absolute atomic E-state index is 0.0428. The molecule has 1 saturated heterocycles. The average molecular weight is 332 g/mol. The second-order valence-electron chi connectivity index (χ2n) is 6.72. The summed E-state index contributed by atoms with van der Waals surface area (Å²) in [5.74, 6) is 0.155. The fourth-order valence-corrected chi connectivity index (χ4v) is 3.55. The lowest BCUT2D eigenvalue weighted by Gasteiger charge is -2.33. The molecule has 1 aliphatic rings. The van der Waals surface area contributed by atoms with Crippen LogP contribution in [0.4, 0.5) is 0 Å². The summed E-state index contributed by atoms with van der Waals surface area (Å²) < 4.78 is 5.86. The Morgan fingerprint density at radius 2 is 2.00 bits per heavy atom. The SMILES string of the molecule is CCCC(Cc1ccccc1)N(CCC)C(=O)[C@@H]1CC[C@H](CN)O1. The first-order valence-corrected chi connectivity index (χ1v) is 9.39. The minimum atomic E-state index is -0.305. The number of benzene rings is 1. The van der Waals surface area contributed by atoms with E-state index in [1.54, 1.807) is 0 Å². The fourth-order valence-electron chi connectivity index (χ4n) is 3.55. The van der Waals surface area contributed by atoms with E-state index in [0.717, 1.165) is 45.1 Å². The molecule has 2 N–H and O–H groups in total. The Bertz CT molecular complexity index is 492. The highest BCUT2D eigenvalue weighted by atomic mass is 16.5. The summed E-state index contributed by atoms with van der Waals surface area (Å²) in [4.78, 5) is 15.1. The van der Waals surface area contributed by atoms with Crippen LogP contribution >= 0.6 is 0 Å². The molecule has 1 unspecified atom stereocenters.